The van der Waals surface area contributed by atoms with Gasteiger partial charge in [0, 0.05) is 37.7 Å². The summed E-state index contributed by atoms with van der Waals surface area (Å²) in [4.78, 5) is 26.6. The smallest absolute Gasteiger partial charge is 0.251 e. The van der Waals surface area contributed by atoms with Crippen LogP contribution in [0.1, 0.15) is 40.7 Å². The molecular weight excluding hydrogens is 368 g/mol. The van der Waals surface area contributed by atoms with Gasteiger partial charge in [-0.05, 0) is 54.7 Å². The minimum absolute atomic E-state index is 0.111. The molecule has 1 N–H and O–H groups in total. The molecule has 1 fully saturated rings. The molecule has 2 amide bonds. The number of rotatable bonds is 9. The van der Waals surface area contributed by atoms with Crippen LogP contribution in [0.2, 0.25) is 0 Å². The molecule has 3 rings (SSSR count). The average Bonchev–Trinajstić information content (AvgIpc) is 3.60. The molecule has 0 aliphatic heterocycles. The minimum atomic E-state index is -0.111. The number of carbonyl (C=O) groups is 2. The molecule has 0 atom stereocenters. The molecule has 1 aliphatic rings. The van der Waals surface area contributed by atoms with E-state index < -0.39 is 0 Å². The van der Waals surface area contributed by atoms with Crippen molar-refractivity contribution in [2.45, 2.75) is 38.3 Å². The molecule has 6 nitrogen and oxygen atoms in total. The molecule has 0 aromatic heterocycles. The summed E-state index contributed by atoms with van der Waals surface area (Å²) in [6, 6.07) is 13.5. The Morgan fingerprint density at radius 3 is 2.14 bits per heavy atom. The normalized spacial score (nSPS) is 12.9. The topological polar surface area (TPSA) is 67.9 Å². The highest BCUT2D eigenvalue weighted by Gasteiger charge is 2.32. The van der Waals surface area contributed by atoms with E-state index in [0.717, 1.165) is 35.5 Å². The zero-order valence-corrected chi connectivity index (χ0v) is 17.2. The second-order valence-corrected chi connectivity index (χ2v) is 7.25. The zero-order valence-electron chi connectivity index (χ0n) is 17.2. The highest BCUT2D eigenvalue weighted by molar-refractivity contribution is 5.93. The second-order valence-electron chi connectivity index (χ2n) is 7.25. The first kappa shape index (κ1) is 20.7. The number of hydrogen-bond donors (Lipinski definition) is 1. The Balaban J connectivity index is 1.64. The van der Waals surface area contributed by atoms with Gasteiger partial charge in [-0.25, -0.2) is 0 Å². The van der Waals surface area contributed by atoms with Gasteiger partial charge >= 0.3 is 0 Å². The van der Waals surface area contributed by atoms with E-state index in [0.29, 0.717) is 31.0 Å². The number of aryl methyl sites for hydroxylation is 1. The SMILES string of the molecule is CNC(=O)c1ccc(CN(C(=O)CCc2cc(OC)cc(OC)c2)C2CC2)cc1. The summed E-state index contributed by atoms with van der Waals surface area (Å²) in [6.45, 7) is 0.568. The average molecular weight is 396 g/mol. The predicted octanol–water partition coefficient (Wildman–Crippen LogP) is 3.19. The van der Waals surface area contributed by atoms with Gasteiger partial charge in [-0.3, -0.25) is 9.59 Å². The largest absolute Gasteiger partial charge is 0.497 e. The van der Waals surface area contributed by atoms with Crippen molar-refractivity contribution in [2.24, 2.45) is 0 Å². The van der Waals surface area contributed by atoms with Crippen LogP contribution in [0.25, 0.3) is 0 Å². The summed E-state index contributed by atoms with van der Waals surface area (Å²) >= 11 is 0. The third-order valence-electron chi connectivity index (χ3n) is 5.14. The summed E-state index contributed by atoms with van der Waals surface area (Å²) in [5, 5.41) is 2.62. The Morgan fingerprint density at radius 1 is 1.00 bits per heavy atom. The van der Waals surface area contributed by atoms with Crippen molar-refractivity contribution in [3.8, 4) is 11.5 Å². The highest BCUT2D eigenvalue weighted by Crippen LogP contribution is 2.30. The molecule has 0 spiro atoms. The number of nitrogens with zero attached hydrogens (tertiary/aromatic N) is 1. The first-order valence-corrected chi connectivity index (χ1v) is 9.86. The Labute approximate surface area is 171 Å². The van der Waals surface area contributed by atoms with Gasteiger partial charge in [0.2, 0.25) is 5.91 Å². The van der Waals surface area contributed by atoms with E-state index in [1.807, 2.05) is 35.2 Å². The minimum Gasteiger partial charge on any atom is -0.497 e. The van der Waals surface area contributed by atoms with Crippen LogP contribution < -0.4 is 14.8 Å². The van der Waals surface area contributed by atoms with E-state index in [1.165, 1.54) is 0 Å². The third kappa shape index (κ3) is 5.50. The van der Waals surface area contributed by atoms with Crippen LogP contribution in [0.15, 0.2) is 42.5 Å². The fourth-order valence-electron chi connectivity index (χ4n) is 3.32. The molecule has 2 aromatic rings. The van der Waals surface area contributed by atoms with E-state index >= 15 is 0 Å². The van der Waals surface area contributed by atoms with Gasteiger partial charge < -0.3 is 19.7 Å². The molecule has 0 saturated heterocycles. The second kappa shape index (κ2) is 9.45. The molecule has 0 bridgehead atoms. The molecular formula is C23H28N2O4. The van der Waals surface area contributed by atoms with Crippen molar-refractivity contribution in [3.05, 3.63) is 59.2 Å². The van der Waals surface area contributed by atoms with Crippen molar-refractivity contribution in [1.82, 2.24) is 10.2 Å². The number of hydrogen-bond acceptors (Lipinski definition) is 4. The van der Waals surface area contributed by atoms with Gasteiger partial charge in [-0.15, -0.1) is 0 Å². The number of ether oxygens (including phenoxy) is 2. The van der Waals surface area contributed by atoms with Crippen LogP contribution >= 0.6 is 0 Å². The lowest BCUT2D eigenvalue weighted by Crippen LogP contribution is -2.32. The van der Waals surface area contributed by atoms with Crippen molar-refractivity contribution >= 4 is 11.8 Å². The Morgan fingerprint density at radius 2 is 1.62 bits per heavy atom. The van der Waals surface area contributed by atoms with Gasteiger partial charge in [-0.1, -0.05) is 12.1 Å². The van der Waals surface area contributed by atoms with Crippen LogP contribution in [-0.2, 0) is 17.8 Å². The summed E-state index contributed by atoms with van der Waals surface area (Å²) in [5.41, 5.74) is 2.66. The zero-order chi connectivity index (χ0) is 20.8. The van der Waals surface area contributed by atoms with Crippen LogP contribution in [0.5, 0.6) is 11.5 Å². The lowest BCUT2D eigenvalue weighted by Gasteiger charge is -2.23. The van der Waals surface area contributed by atoms with Gasteiger partial charge in [0.25, 0.3) is 5.91 Å². The number of nitrogens with one attached hydrogen (secondary N) is 1. The molecule has 0 heterocycles. The summed E-state index contributed by atoms with van der Waals surface area (Å²) in [6.07, 6.45) is 3.17. The Kier molecular flexibility index (Phi) is 6.75. The molecule has 1 aliphatic carbocycles. The number of carbonyl (C=O) groups excluding carboxylic acids is 2. The summed E-state index contributed by atoms with van der Waals surface area (Å²) in [5.74, 6) is 1.48. The summed E-state index contributed by atoms with van der Waals surface area (Å²) < 4.78 is 10.6. The number of amides is 2. The van der Waals surface area contributed by atoms with Crippen molar-refractivity contribution < 1.29 is 19.1 Å². The van der Waals surface area contributed by atoms with Crippen LogP contribution in [0.4, 0.5) is 0 Å². The van der Waals surface area contributed by atoms with Crippen molar-refractivity contribution in [1.29, 1.82) is 0 Å². The van der Waals surface area contributed by atoms with Gasteiger partial charge in [0.05, 0.1) is 14.2 Å². The van der Waals surface area contributed by atoms with Crippen LogP contribution in [0, 0.1) is 0 Å². The standard InChI is InChI=1S/C23H28N2O4/c1-24-23(27)18-7-4-16(5-8-18)15-25(19-9-10-19)22(26)11-6-17-12-20(28-2)14-21(13-17)29-3/h4-5,7-8,12-14,19H,6,9-11,15H2,1-3H3,(H,24,27). The van der Waals surface area contributed by atoms with Crippen LogP contribution in [0.3, 0.4) is 0 Å². The van der Waals surface area contributed by atoms with E-state index in [4.69, 9.17) is 9.47 Å². The van der Waals surface area contributed by atoms with Gasteiger partial charge in [0.15, 0.2) is 0 Å². The first-order valence-electron chi connectivity index (χ1n) is 9.86. The predicted molar refractivity (Wildman–Crippen MR) is 111 cm³/mol. The molecule has 2 aromatic carbocycles. The Bertz CT molecular complexity index is 837. The number of methoxy groups -OCH3 is 2. The molecule has 0 radical (unpaired) electrons. The molecule has 6 heteroatoms. The maximum absolute atomic E-state index is 12.9. The van der Waals surface area contributed by atoms with E-state index in [2.05, 4.69) is 5.32 Å². The molecule has 0 unspecified atom stereocenters. The fraction of sp³-hybridized carbons (Fsp3) is 0.391. The van der Waals surface area contributed by atoms with E-state index in [-0.39, 0.29) is 11.8 Å². The summed E-state index contributed by atoms with van der Waals surface area (Å²) in [7, 11) is 4.85. The maximum Gasteiger partial charge on any atom is 0.251 e. The van der Waals surface area contributed by atoms with E-state index in [9.17, 15) is 9.59 Å². The Hall–Kier alpha value is -3.02. The number of benzene rings is 2. The van der Waals surface area contributed by atoms with E-state index in [1.54, 1.807) is 33.4 Å². The third-order valence-corrected chi connectivity index (χ3v) is 5.14. The maximum atomic E-state index is 12.9. The highest BCUT2D eigenvalue weighted by atomic mass is 16.5. The molecule has 154 valence electrons. The fourth-order valence-corrected chi connectivity index (χ4v) is 3.32. The first-order chi connectivity index (χ1) is 14.0. The lowest BCUT2D eigenvalue weighted by molar-refractivity contribution is -0.132. The quantitative estimate of drug-likeness (QED) is 0.707. The van der Waals surface area contributed by atoms with Crippen molar-refractivity contribution in [3.63, 3.8) is 0 Å². The van der Waals surface area contributed by atoms with Crippen molar-refractivity contribution in [2.75, 3.05) is 21.3 Å². The van der Waals surface area contributed by atoms with Gasteiger partial charge in [-0.2, -0.15) is 0 Å². The lowest BCUT2D eigenvalue weighted by atomic mass is 10.1. The van der Waals surface area contributed by atoms with Gasteiger partial charge in [0.1, 0.15) is 11.5 Å². The molecule has 1 saturated carbocycles. The monoisotopic (exact) mass is 396 g/mol. The van der Waals surface area contributed by atoms with Crippen LogP contribution in [-0.4, -0.2) is 44.0 Å². The molecule has 29 heavy (non-hydrogen) atoms.